The highest BCUT2D eigenvalue weighted by molar-refractivity contribution is 8.26. The van der Waals surface area contributed by atoms with Crippen molar-refractivity contribution in [2.45, 2.75) is 6.42 Å². The fourth-order valence-corrected chi connectivity index (χ4v) is 4.45. The summed E-state index contributed by atoms with van der Waals surface area (Å²) in [6.07, 6.45) is 1.45. The Morgan fingerprint density at radius 2 is 2.21 bits per heavy atom. The molecule has 0 radical (unpaired) electrons. The first-order valence-corrected chi connectivity index (χ1v) is 9.24. The molecule has 1 amide bonds. The second-order valence-electron chi connectivity index (χ2n) is 4.78. The van der Waals surface area contributed by atoms with Gasteiger partial charge in [-0.05, 0) is 23.6 Å². The van der Waals surface area contributed by atoms with E-state index in [4.69, 9.17) is 33.3 Å². The lowest BCUT2D eigenvalue weighted by Gasteiger charge is -2.12. The van der Waals surface area contributed by atoms with Crippen LogP contribution < -0.4 is 0 Å². The topological polar surface area (TPSA) is 70.8 Å². The second-order valence-corrected chi connectivity index (χ2v) is 7.78. The zero-order valence-corrected chi connectivity index (χ0v) is 15.2. The summed E-state index contributed by atoms with van der Waals surface area (Å²) in [7, 11) is 0. The maximum Gasteiger partial charge on any atom is 0.305 e. The van der Waals surface area contributed by atoms with Crippen LogP contribution >= 0.6 is 46.9 Å². The molecule has 3 heterocycles. The van der Waals surface area contributed by atoms with Gasteiger partial charge in [-0.25, -0.2) is 0 Å². The molecule has 0 aromatic carbocycles. The van der Waals surface area contributed by atoms with Gasteiger partial charge in [0.05, 0.1) is 21.2 Å². The van der Waals surface area contributed by atoms with Gasteiger partial charge in [-0.1, -0.05) is 35.6 Å². The van der Waals surface area contributed by atoms with Crippen molar-refractivity contribution in [3.8, 4) is 10.6 Å². The number of furan rings is 1. The molecule has 0 bridgehead atoms. The zero-order valence-electron chi connectivity index (χ0n) is 12.0. The molecule has 124 valence electrons. The summed E-state index contributed by atoms with van der Waals surface area (Å²) < 4.78 is 6.06. The van der Waals surface area contributed by atoms with Gasteiger partial charge >= 0.3 is 5.97 Å². The van der Waals surface area contributed by atoms with Crippen molar-refractivity contribution >= 4 is 69.2 Å². The van der Waals surface area contributed by atoms with Gasteiger partial charge in [0, 0.05) is 12.6 Å². The van der Waals surface area contributed by atoms with Crippen LogP contribution in [0.1, 0.15) is 12.2 Å². The molecule has 2 aromatic rings. The van der Waals surface area contributed by atoms with Gasteiger partial charge in [-0.2, -0.15) is 0 Å². The quantitative estimate of drug-likeness (QED) is 0.595. The van der Waals surface area contributed by atoms with E-state index in [1.54, 1.807) is 24.3 Å². The highest BCUT2D eigenvalue weighted by Crippen LogP contribution is 2.36. The SMILES string of the molecule is O=C(O)CCN1C(=O)C(=Cc2ccc(-c3sccc3Cl)o2)SC1=S. The number of carboxylic acid groups (broad SMARTS) is 1. The normalized spacial score (nSPS) is 16.4. The first-order valence-electron chi connectivity index (χ1n) is 6.76. The Bertz CT molecular complexity index is 855. The number of thiophene rings is 1. The highest BCUT2D eigenvalue weighted by Gasteiger charge is 2.32. The van der Waals surface area contributed by atoms with Crippen LogP contribution in [-0.4, -0.2) is 32.7 Å². The van der Waals surface area contributed by atoms with Gasteiger partial charge < -0.3 is 9.52 Å². The summed E-state index contributed by atoms with van der Waals surface area (Å²) in [5.74, 6) is -0.148. The number of hydrogen-bond donors (Lipinski definition) is 1. The van der Waals surface area contributed by atoms with E-state index in [-0.39, 0.29) is 18.9 Å². The minimum absolute atomic E-state index is 0.0611. The van der Waals surface area contributed by atoms with Gasteiger partial charge in [0.25, 0.3) is 5.91 Å². The fraction of sp³-hybridized carbons (Fsp3) is 0.133. The molecule has 1 aliphatic rings. The molecule has 5 nitrogen and oxygen atoms in total. The lowest BCUT2D eigenvalue weighted by atomic mass is 10.3. The van der Waals surface area contributed by atoms with Gasteiger partial charge in [0.2, 0.25) is 0 Å². The third-order valence-electron chi connectivity index (χ3n) is 3.16. The summed E-state index contributed by atoms with van der Waals surface area (Å²) in [5, 5.41) is 11.2. The standard InChI is InChI=1S/C15H10ClNO4S3/c16-9-4-6-23-13(9)10-2-1-8(21-10)7-11-14(20)17(15(22)24-11)5-3-12(18)19/h1-2,4,6-7H,3,5H2,(H,18,19). The van der Waals surface area contributed by atoms with Gasteiger partial charge in [0.15, 0.2) is 0 Å². The molecule has 2 aromatic heterocycles. The van der Waals surface area contributed by atoms with E-state index in [0.717, 1.165) is 16.6 Å². The zero-order chi connectivity index (χ0) is 17.3. The molecule has 3 rings (SSSR count). The second kappa shape index (κ2) is 7.10. The molecule has 9 heteroatoms. The fourth-order valence-electron chi connectivity index (χ4n) is 2.05. The molecule has 0 unspecified atom stereocenters. The van der Waals surface area contributed by atoms with Crippen molar-refractivity contribution in [1.82, 2.24) is 4.90 Å². The van der Waals surface area contributed by atoms with Crippen LogP contribution in [0.5, 0.6) is 0 Å². The van der Waals surface area contributed by atoms with Crippen LogP contribution in [0.4, 0.5) is 0 Å². The van der Waals surface area contributed by atoms with E-state index in [9.17, 15) is 9.59 Å². The summed E-state index contributed by atoms with van der Waals surface area (Å²) in [6, 6.07) is 5.32. The van der Waals surface area contributed by atoms with Crippen LogP contribution in [0.2, 0.25) is 5.02 Å². The largest absolute Gasteiger partial charge is 0.481 e. The number of hydrogen-bond acceptors (Lipinski definition) is 6. The van der Waals surface area contributed by atoms with E-state index in [2.05, 4.69) is 0 Å². The van der Waals surface area contributed by atoms with Crippen molar-refractivity contribution in [3.63, 3.8) is 0 Å². The number of carboxylic acids is 1. The van der Waals surface area contributed by atoms with Gasteiger partial charge in [-0.15, -0.1) is 11.3 Å². The third kappa shape index (κ3) is 3.56. The number of rotatable bonds is 5. The van der Waals surface area contributed by atoms with E-state index in [1.165, 1.54) is 16.2 Å². The molecular formula is C15H10ClNO4S3. The van der Waals surface area contributed by atoms with Crippen molar-refractivity contribution < 1.29 is 19.1 Å². The van der Waals surface area contributed by atoms with Crippen LogP contribution in [0.15, 0.2) is 32.9 Å². The summed E-state index contributed by atoms with van der Waals surface area (Å²) in [4.78, 5) is 25.5. The maximum absolute atomic E-state index is 12.3. The summed E-state index contributed by atoms with van der Waals surface area (Å²) in [6.45, 7) is 0.0611. The van der Waals surface area contributed by atoms with Crippen molar-refractivity contribution in [2.75, 3.05) is 6.54 Å². The molecule has 1 saturated heterocycles. The summed E-state index contributed by atoms with van der Waals surface area (Å²) in [5.41, 5.74) is 0. The van der Waals surface area contributed by atoms with E-state index in [1.807, 2.05) is 5.38 Å². The maximum atomic E-state index is 12.3. The first kappa shape index (κ1) is 17.2. The lowest BCUT2D eigenvalue weighted by molar-refractivity contribution is -0.137. The number of carbonyl (C=O) groups excluding carboxylic acids is 1. The highest BCUT2D eigenvalue weighted by atomic mass is 35.5. The predicted octanol–water partition coefficient (Wildman–Crippen LogP) is 4.34. The molecule has 1 aliphatic heterocycles. The van der Waals surface area contributed by atoms with Crippen molar-refractivity contribution in [1.29, 1.82) is 0 Å². The average molecular weight is 400 g/mol. The number of halogens is 1. The molecule has 0 aliphatic carbocycles. The lowest BCUT2D eigenvalue weighted by Crippen LogP contribution is -2.30. The Hall–Kier alpha value is -1.61. The number of nitrogens with zero attached hydrogens (tertiary/aromatic N) is 1. The van der Waals surface area contributed by atoms with Gasteiger partial charge in [0.1, 0.15) is 15.8 Å². The van der Waals surface area contributed by atoms with E-state index in [0.29, 0.717) is 25.8 Å². The van der Waals surface area contributed by atoms with Crippen LogP contribution in [0, 0.1) is 0 Å². The molecule has 1 N–H and O–H groups in total. The monoisotopic (exact) mass is 399 g/mol. The minimum Gasteiger partial charge on any atom is -0.481 e. The molecular weight excluding hydrogens is 390 g/mol. The minimum atomic E-state index is -0.975. The van der Waals surface area contributed by atoms with Crippen LogP contribution in [0.25, 0.3) is 16.7 Å². The Balaban J connectivity index is 1.79. The van der Waals surface area contributed by atoms with Crippen molar-refractivity contribution in [3.05, 3.63) is 39.3 Å². The Kier molecular flexibility index (Phi) is 5.09. The Morgan fingerprint density at radius 3 is 2.88 bits per heavy atom. The number of carbonyl (C=O) groups is 2. The van der Waals surface area contributed by atoms with Crippen molar-refractivity contribution in [2.24, 2.45) is 0 Å². The van der Waals surface area contributed by atoms with E-state index >= 15 is 0 Å². The Labute approximate surface area is 155 Å². The number of thioether (sulfide) groups is 1. The third-order valence-corrected chi connectivity index (χ3v) is 5.90. The number of amides is 1. The molecule has 24 heavy (non-hydrogen) atoms. The molecule has 0 atom stereocenters. The smallest absolute Gasteiger partial charge is 0.305 e. The number of aliphatic carboxylic acids is 1. The van der Waals surface area contributed by atoms with Gasteiger partial charge in [-0.3, -0.25) is 14.5 Å². The molecule has 1 fully saturated rings. The molecule has 0 saturated carbocycles. The summed E-state index contributed by atoms with van der Waals surface area (Å²) >= 11 is 13.8. The van der Waals surface area contributed by atoms with Crippen LogP contribution in [0.3, 0.4) is 0 Å². The number of thiocarbonyl (C=S) groups is 1. The molecule has 0 spiro atoms. The first-order chi connectivity index (χ1) is 11.5. The van der Waals surface area contributed by atoms with E-state index < -0.39 is 5.97 Å². The Morgan fingerprint density at radius 1 is 1.42 bits per heavy atom. The van der Waals surface area contributed by atoms with Crippen LogP contribution in [-0.2, 0) is 9.59 Å². The predicted molar refractivity (Wildman–Crippen MR) is 99.2 cm³/mol. The average Bonchev–Trinajstić information content (AvgIpc) is 3.20.